The van der Waals surface area contributed by atoms with E-state index in [-0.39, 0.29) is 18.0 Å². The first-order valence-corrected chi connectivity index (χ1v) is 9.23. The molecule has 2 aromatic carbocycles. The van der Waals surface area contributed by atoms with Crippen molar-refractivity contribution in [1.82, 2.24) is 10.3 Å². The first-order valence-electron chi connectivity index (χ1n) is 8.44. The molecular weight excluding hydrogens is 408 g/mol. The highest BCUT2D eigenvalue weighted by molar-refractivity contribution is 9.10. The Balaban J connectivity index is 1.79. The van der Waals surface area contributed by atoms with Crippen molar-refractivity contribution < 1.29 is 9.53 Å². The Morgan fingerprint density at radius 1 is 1.11 bits per heavy atom. The molecule has 0 atom stereocenters. The summed E-state index contributed by atoms with van der Waals surface area (Å²) in [6.45, 7) is 3.83. The third-order valence-corrected chi connectivity index (χ3v) is 4.57. The average molecular weight is 427 g/mol. The molecule has 0 unspecified atom stereocenters. The number of aromatic amines is 1. The van der Waals surface area contributed by atoms with Gasteiger partial charge in [0.25, 0.3) is 11.5 Å². The number of nitrogens with one attached hydrogen (secondary N) is 2. The molecule has 5 nitrogen and oxygen atoms in total. The number of para-hydroxylation sites is 1. The van der Waals surface area contributed by atoms with Gasteiger partial charge in [-0.25, -0.2) is 0 Å². The summed E-state index contributed by atoms with van der Waals surface area (Å²) in [5.41, 5.74) is 2.39. The van der Waals surface area contributed by atoms with Gasteiger partial charge in [-0.3, -0.25) is 9.59 Å². The Morgan fingerprint density at radius 3 is 2.63 bits per heavy atom. The van der Waals surface area contributed by atoms with E-state index in [2.05, 4.69) is 26.2 Å². The van der Waals surface area contributed by atoms with E-state index in [4.69, 9.17) is 4.74 Å². The van der Waals surface area contributed by atoms with Crippen molar-refractivity contribution in [2.24, 2.45) is 0 Å². The van der Waals surface area contributed by atoms with Crippen LogP contribution in [0, 0.1) is 13.8 Å². The fourth-order valence-electron chi connectivity index (χ4n) is 2.77. The highest BCUT2D eigenvalue weighted by Gasteiger charge is 2.14. The van der Waals surface area contributed by atoms with Crippen LogP contribution >= 0.6 is 15.9 Å². The van der Waals surface area contributed by atoms with E-state index in [1.54, 1.807) is 24.3 Å². The molecule has 138 valence electrons. The predicted octanol–water partition coefficient (Wildman–Crippen LogP) is 4.48. The molecule has 0 aliphatic carbocycles. The maximum Gasteiger partial charge on any atom is 0.255 e. The minimum absolute atomic E-state index is 0.144. The predicted molar refractivity (Wildman–Crippen MR) is 108 cm³/mol. The summed E-state index contributed by atoms with van der Waals surface area (Å²) >= 11 is 3.40. The van der Waals surface area contributed by atoms with E-state index in [0.717, 1.165) is 15.7 Å². The van der Waals surface area contributed by atoms with Gasteiger partial charge in [0, 0.05) is 22.3 Å². The molecule has 0 saturated carbocycles. The quantitative estimate of drug-likeness (QED) is 0.631. The molecule has 3 aromatic rings. The Bertz CT molecular complexity index is 1040. The van der Waals surface area contributed by atoms with Crippen molar-refractivity contribution in [3.63, 3.8) is 0 Å². The zero-order valence-corrected chi connectivity index (χ0v) is 16.6. The number of rotatable bonds is 5. The van der Waals surface area contributed by atoms with Gasteiger partial charge in [-0.15, -0.1) is 0 Å². The number of H-pyrrole nitrogens is 1. The molecule has 0 aliphatic heterocycles. The van der Waals surface area contributed by atoms with Crippen LogP contribution in [0.4, 0.5) is 0 Å². The van der Waals surface area contributed by atoms with Gasteiger partial charge in [0.05, 0.1) is 5.56 Å². The number of halogens is 1. The number of pyridine rings is 1. The molecular formula is C21H19BrN2O3. The third-order valence-electron chi connectivity index (χ3n) is 4.08. The highest BCUT2D eigenvalue weighted by Crippen LogP contribution is 2.27. The lowest BCUT2D eigenvalue weighted by Gasteiger charge is -2.12. The zero-order valence-electron chi connectivity index (χ0n) is 15.0. The van der Waals surface area contributed by atoms with E-state index in [9.17, 15) is 9.59 Å². The SMILES string of the molecule is Cc1cc(C)c(CNC(=O)c2ccccc2Oc2cccc(Br)c2)c(=O)[nH]1. The van der Waals surface area contributed by atoms with Gasteiger partial charge in [0.2, 0.25) is 0 Å². The van der Waals surface area contributed by atoms with E-state index < -0.39 is 0 Å². The van der Waals surface area contributed by atoms with Gasteiger partial charge in [-0.05, 0) is 55.8 Å². The van der Waals surface area contributed by atoms with Crippen LogP contribution in [0.5, 0.6) is 11.5 Å². The van der Waals surface area contributed by atoms with E-state index in [1.807, 2.05) is 44.2 Å². The minimum Gasteiger partial charge on any atom is -0.456 e. The Hall–Kier alpha value is -2.86. The molecule has 27 heavy (non-hydrogen) atoms. The van der Waals surface area contributed by atoms with Crippen molar-refractivity contribution in [3.8, 4) is 11.5 Å². The molecule has 0 saturated heterocycles. The second-order valence-electron chi connectivity index (χ2n) is 6.18. The van der Waals surface area contributed by atoms with Crippen molar-refractivity contribution in [2.45, 2.75) is 20.4 Å². The lowest BCUT2D eigenvalue weighted by atomic mass is 10.1. The van der Waals surface area contributed by atoms with Crippen molar-refractivity contribution in [1.29, 1.82) is 0 Å². The van der Waals surface area contributed by atoms with Gasteiger partial charge < -0.3 is 15.0 Å². The van der Waals surface area contributed by atoms with Crippen LogP contribution in [0.3, 0.4) is 0 Å². The molecule has 1 amide bonds. The number of aryl methyl sites for hydroxylation is 2. The van der Waals surface area contributed by atoms with Crippen molar-refractivity contribution in [3.05, 3.63) is 91.8 Å². The standard InChI is InChI=1S/C21H19BrN2O3/c1-13-10-14(2)24-21(26)18(13)12-23-20(25)17-8-3-4-9-19(17)27-16-7-5-6-15(22)11-16/h3-11H,12H2,1-2H3,(H,23,25)(H,24,26). The summed E-state index contributed by atoms with van der Waals surface area (Å²) in [6, 6.07) is 16.3. The molecule has 0 aliphatic rings. The third kappa shape index (κ3) is 4.65. The topological polar surface area (TPSA) is 71.2 Å². The van der Waals surface area contributed by atoms with Gasteiger partial charge in [-0.1, -0.05) is 34.1 Å². The van der Waals surface area contributed by atoms with E-state index >= 15 is 0 Å². The molecule has 0 radical (unpaired) electrons. The van der Waals surface area contributed by atoms with Crippen LogP contribution in [0.15, 0.2) is 63.9 Å². The molecule has 1 aromatic heterocycles. The largest absolute Gasteiger partial charge is 0.456 e. The molecule has 3 rings (SSSR count). The first kappa shape index (κ1) is 18.9. The fraction of sp³-hybridized carbons (Fsp3) is 0.143. The first-order chi connectivity index (χ1) is 12.9. The summed E-state index contributed by atoms with van der Waals surface area (Å²) < 4.78 is 6.75. The number of carbonyl (C=O) groups is 1. The summed E-state index contributed by atoms with van der Waals surface area (Å²) in [6.07, 6.45) is 0. The molecule has 0 spiro atoms. The Labute approximate surface area is 165 Å². The summed E-state index contributed by atoms with van der Waals surface area (Å²) in [5.74, 6) is 0.762. The second-order valence-corrected chi connectivity index (χ2v) is 7.10. The highest BCUT2D eigenvalue weighted by atomic mass is 79.9. The lowest BCUT2D eigenvalue weighted by Crippen LogP contribution is -2.28. The number of hydrogen-bond donors (Lipinski definition) is 2. The summed E-state index contributed by atoms with van der Waals surface area (Å²) in [7, 11) is 0. The van der Waals surface area contributed by atoms with E-state index in [1.165, 1.54) is 0 Å². The fourth-order valence-corrected chi connectivity index (χ4v) is 3.14. The van der Waals surface area contributed by atoms with Crippen LogP contribution in [0.2, 0.25) is 0 Å². The van der Waals surface area contributed by atoms with Crippen LogP contribution in [-0.2, 0) is 6.54 Å². The minimum atomic E-state index is -0.306. The number of aromatic nitrogens is 1. The molecule has 1 heterocycles. The Morgan fingerprint density at radius 2 is 1.89 bits per heavy atom. The maximum absolute atomic E-state index is 12.7. The van der Waals surface area contributed by atoms with Crippen LogP contribution in [0.25, 0.3) is 0 Å². The second kappa shape index (κ2) is 8.22. The van der Waals surface area contributed by atoms with Crippen LogP contribution in [0.1, 0.15) is 27.2 Å². The normalized spacial score (nSPS) is 10.5. The number of hydrogen-bond acceptors (Lipinski definition) is 3. The number of amides is 1. The van der Waals surface area contributed by atoms with Crippen LogP contribution < -0.4 is 15.6 Å². The van der Waals surface area contributed by atoms with E-state index in [0.29, 0.717) is 22.6 Å². The summed E-state index contributed by atoms with van der Waals surface area (Å²) in [5, 5.41) is 2.81. The smallest absolute Gasteiger partial charge is 0.255 e. The van der Waals surface area contributed by atoms with Gasteiger partial charge in [0.15, 0.2) is 0 Å². The number of carbonyl (C=O) groups excluding carboxylic acids is 1. The molecule has 0 fully saturated rings. The van der Waals surface area contributed by atoms with Crippen molar-refractivity contribution >= 4 is 21.8 Å². The number of benzene rings is 2. The summed E-state index contributed by atoms with van der Waals surface area (Å²) in [4.78, 5) is 27.5. The van der Waals surface area contributed by atoms with Gasteiger partial charge in [0.1, 0.15) is 11.5 Å². The zero-order chi connectivity index (χ0) is 19.4. The molecule has 2 N–H and O–H groups in total. The molecule has 0 bridgehead atoms. The number of ether oxygens (including phenoxy) is 1. The van der Waals surface area contributed by atoms with Gasteiger partial charge >= 0.3 is 0 Å². The molecule has 6 heteroatoms. The Kier molecular flexibility index (Phi) is 5.76. The monoisotopic (exact) mass is 426 g/mol. The lowest BCUT2D eigenvalue weighted by molar-refractivity contribution is 0.0948. The maximum atomic E-state index is 12.7. The van der Waals surface area contributed by atoms with Crippen LogP contribution in [-0.4, -0.2) is 10.9 Å². The van der Waals surface area contributed by atoms with Crippen molar-refractivity contribution in [2.75, 3.05) is 0 Å². The van der Waals surface area contributed by atoms with Gasteiger partial charge in [-0.2, -0.15) is 0 Å². The average Bonchev–Trinajstić information content (AvgIpc) is 2.61.